The highest BCUT2D eigenvalue weighted by Gasteiger charge is 2.40. The highest BCUT2D eigenvalue weighted by molar-refractivity contribution is 7.89. The number of sulfonamides is 1. The molecule has 2 aliphatic rings. The SMILES string of the molecule is Cc1cc(S(=O)(=O)N2C=CNC(=O)[C@H]2CC(=O)N[C@H]2CCN(C)CC2(C)C)c(C)cc1Cl. The van der Waals surface area contributed by atoms with Gasteiger partial charge in [-0.15, -0.1) is 0 Å². The topological polar surface area (TPSA) is 98.8 Å². The zero-order valence-electron chi connectivity index (χ0n) is 19.1. The van der Waals surface area contributed by atoms with Crippen molar-refractivity contribution >= 4 is 33.4 Å². The Morgan fingerprint density at radius 3 is 2.62 bits per heavy atom. The lowest BCUT2D eigenvalue weighted by molar-refractivity contribution is -0.130. The first kappa shape index (κ1) is 24.5. The maximum absolute atomic E-state index is 13.5. The zero-order valence-corrected chi connectivity index (χ0v) is 20.7. The smallest absolute Gasteiger partial charge is 0.264 e. The number of aryl methyl sites for hydroxylation is 2. The molecule has 0 bridgehead atoms. The number of amides is 2. The molecule has 8 nitrogen and oxygen atoms in total. The van der Waals surface area contributed by atoms with Crippen LogP contribution in [-0.4, -0.2) is 61.7 Å². The number of halogens is 1. The maximum atomic E-state index is 13.5. The number of hydrogen-bond donors (Lipinski definition) is 2. The fraction of sp³-hybridized carbons (Fsp3) is 0.545. The molecule has 2 heterocycles. The first-order valence-corrected chi connectivity index (χ1v) is 12.4. The van der Waals surface area contributed by atoms with E-state index in [2.05, 4.69) is 29.4 Å². The Morgan fingerprint density at radius 2 is 1.97 bits per heavy atom. The summed E-state index contributed by atoms with van der Waals surface area (Å²) in [7, 11) is -2.04. The van der Waals surface area contributed by atoms with Crippen molar-refractivity contribution in [3.63, 3.8) is 0 Å². The molecule has 0 saturated carbocycles. The van der Waals surface area contributed by atoms with E-state index in [1.54, 1.807) is 19.9 Å². The van der Waals surface area contributed by atoms with E-state index in [0.717, 1.165) is 23.8 Å². The predicted molar refractivity (Wildman–Crippen MR) is 123 cm³/mol. The van der Waals surface area contributed by atoms with Crippen LogP contribution < -0.4 is 10.6 Å². The quantitative estimate of drug-likeness (QED) is 0.670. The minimum Gasteiger partial charge on any atom is -0.353 e. The van der Waals surface area contributed by atoms with Crippen molar-refractivity contribution in [1.29, 1.82) is 0 Å². The minimum absolute atomic E-state index is 0.0559. The molecular weight excluding hydrogens is 452 g/mol. The van der Waals surface area contributed by atoms with Gasteiger partial charge >= 0.3 is 0 Å². The van der Waals surface area contributed by atoms with Crippen molar-refractivity contribution in [2.75, 3.05) is 20.1 Å². The van der Waals surface area contributed by atoms with E-state index in [9.17, 15) is 18.0 Å². The molecule has 2 aliphatic heterocycles. The summed E-state index contributed by atoms with van der Waals surface area (Å²) < 4.78 is 27.9. The molecule has 176 valence electrons. The fourth-order valence-corrected chi connectivity index (χ4v) is 6.37. The molecule has 0 unspecified atom stereocenters. The van der Waals surface area contributed by atoms with E-state index in [-0.39, 0.29) is 28.7 Å². The third kappa shape index (κ3) is 4.94. The Kier molecular flexibility index (Phi) is 6.93. The predicted octanol–water partition coefficient (Wildman–Crippen LogP) is 2.15. The highest BCUT2D eigenvalue weighted by atomic mass is 35.5. The Hall–Kier alpha value is -2.10. The van der Waals surface area contributed by atoms with Crippen LogP contribution in [0.25, 0.3) is 0 Å². The van der Waals surface area contributed by atoms with Crippen LogP contribution in [-0.2, 0) is 19.6 Å². The summed E-state index contributed by atoms with van der Waals surface area (Å²) in [5.41, 5.74) is 0.942. The minimum atomic E-state index is -4.08. The Morgan fingerprint density at radius 1 is 1.28 bits per heavy atom. The number of benzene rings is 1. The van der Waals surface area contributed by atoms with Crippen molar-refractivity contribution in [3.05, 3.63) is 40.7 Å². The van der Waals surface area contributed by atoms with Crippen molar-refractivity contribution in [2.45, 2.75) is 57.5 Å². The van der Waals surface area contributed by atoms with Crippen LogP contribution in [0.4, 0.5) is 0 Å². The molecule has 32 heavy (non-hydrogen) atoms. The largest absolute Gasteiger partial charge is 0.353 e. The molecule has 0 spiro atoms. The number of carbonyl (C=O) groups excluding carboxylic acids is 2. The Bertz CT molecular complexity index is 1050. The summed E-state index contributed by atoms with van der Waals surface area (Å²) in [5.74, 6) is -0.899. The van der Waals surface area contributed by atoms with E-state index in [0.29, 0.717) is 16.1 Å². The van der Waals surface area contributed by atoms with Gasteiger partial charge in [-0.2, -0.15) is 0 Å². The van der Waals surface area contributed by atoms with Crippen LogP contribution in [0, 0.1) is 19.3 Å². The summed E-state index contributed by atoms with van der Waals surface area (Å²) in [4.78, 5) is 27.8. The molecule has 2 N–H and O–H groups in total. The van der Waals surface area contributed by atoms with Crippen LogP contribution in [0.5, 0.6) is 0 Å². The summed E-state index contributed by atoms with van der Waals surface area (Å²) in [5, 5.41) is 6.01. The Balaban J connectivity index is 1.84. The van der Waals surface area contributed by atoms with E-state index in [1.807, 2.05) is 7.05 Å². The second-order valence-corrected chi connectivity index (χ2v) is 11.6. The zero-order chi connectivity index (χ0) is 23.8. The molecule has 0 aliphatic carbocycles. The number of likely N-dealkylation sites (tertiary alicyclic amines) is 1. The number of hydrogen-bond acceptors (Lipinski definition) is 5. The number of rotatable bonds is 5. The van der Waals surface area contributed by atoms with Crippen LogP contribution in [0.3, 0.4) is 0 Å². The van der Waals surface area contributed by atoms with Crippen LogP contribution in [0.1, 0.15) is 37.8 Å². The second kappa shape index (κ2) is 9.03. The van der Waals surface area contributed by atoms with Gasteiger partial charge < -0.3 is 15.5 Å². The summed E-state index contributed by atoms with van der Waals surface area (Å²) >= 11 is 6.12. The monoisotopic (exact) mass is 482 g/mol. The van der Waals surface area contributed by atoms with Crippen molar-refractivity contribution in [1.82, 2.24) is 19.8 Å². The molecule has 1 aromatic carbocycles. The molecule has 2 amide bonds. The standard InChI is InChI=1S/C22H31ClN4O4S/c1-14-11-18(15(2)10-16(14)23)32(30,31)27-9-7-24-21(29)17(27)12-20(28)25-19-6-8-26(5)13-22(19,3)4/h7,9-11,17,19H,6,8,12-13H2,1-5H3,(H,24,29)(H,25,28)/t17-,19+/m1/s1. The molecule has 1 fully saturated rings. The Labute approximate surface area is 195 Å². The molecule has 1 aromatic rings. The molecular formula is C22H31ClN4O4S. The van der Waals surface area contributed by atoms with E-state index < -0.39 is 22.0 Å². The van der Waals surface area contributed by atoms with Gasteiger partial charge in [0.15, 0.2) is 0 Å². The number of piperidine rings is 1. The van der Waals surface area contributed by atoms with Crippen LogP contribution in [0.15, 0.2) is 29.4 Å². The number of nitrogens with one attached hydrogen (secondary N) is 2. The average Bonchev–Trinajstić information content (AvgIpc) is 2.67. The molecule has 10 heteroatoms. The lowest BCUT2D eigenvalue weighted by atomic mass is 9.79. The van der Waals surface area contributed by atoms with Gasteiger partial charge in [0.05, 0.1) is 11.3 Å². The fourth-order valence-electron chi connectivity index (χ4n) is 4.41. The van der Waals surface area contributed by atoms with E-state index in [1.165, 1.54) is 18.5 Å². The third-order valence-corrected chi connectivity index (χ3v) is 8.54. The first-order chi connectivity index (χ1) is 14.8. The van der Waals surface area contributed by atoms with E-state index in [4.69, 9.17) is 11.6 Å². The maximum Gasteiger partial charge on any atom is 0.264 e. The molecule has 2 atom stereocenters. The summed E-state index contributed by atoms with van der Waals surface area (Å²) in [6.45, 7) is 9.23. The van der Waals surface area contributed by atoms with Crippen LogP contribution >= 0.6 is 11.6 Å². The third-order valence-electron chi connectivity index (χ3n) is 6.20. The lowest BCUT2D eigenvalue weighted by Crippen LogP contribution is -2.56. The molecule has 3 rings (SSSR count). The van der Waals surface area contributed by atoms with Crippen molar-refractivity contribution in [3.8, 4) is 0 Å². The second-order valence-electron chi connectivity index (χ2n) is 9.38. The summed E-state index contributed by atoms with van der Waals surface area (Å²) in [6, 6.07) is 1.83. The summed E-state index contributed by atoms with van der Waals surface area (Å²) in [6.07, 6.45) is 3.07. The van der Waals surface area contributed by atoms with Gasteiger partial charge in [0, 0.05) is 30.0 Å². The lowest BCUT2D eigenvalue weighted by Gasteiger charge is -2.43. The van der Waals surface area contributed by atoms with E-state index >= 15 is 0 Å². The van der Waals surface area contributed by atoms with Gasteiger partial charge in [-0.25, -0.2) is 8.42 Å². The van der Waals surface area contributed by atoms with Gasteiger partial charge in [0.2, 0.25) is 11.8 Å². The van der Waals surface area contributed by atoms with Crippen molar-refractivity contribution < 1.29 is 18.0 Å². The van der Waals surface area contributed by atoms with Gasteiger partial charge in [0.25, 0.3) is 10.0 Å². The normalized spacial score (nSPS) is 23.7. The van der Waals surface area contributed by atoms with Gasteiger partial charge in [-0.3, -0.25) is 13.9 Å². The van der Waals surface area contributed by atoms with Crippen LogP contribution in [0.2, 0.25) is 5.02 Å². The number of carbonyl (C=O) groups is 2. The van der Waals surface area contributed by atoms with Crippen molar-refractivity contribution in [2.24, 2.45) is 5.41 Å². The molecule has 1 saturated heterocycles. The van der Waals surface area contributed by atoms with Gasteiger partial charge in [-0.05, 0) is 62.5 Å². The first-order valence-electron chi connectivity index (χ1n) is 10.6. The van der Waals surface area contributed by atoms with Gasteiger partial charge in [0.1, 0.15) is 6.04 Å². The number of nitrogens with zero attached hydrogens (tertiary/aromatic N) is 2. The highest BCUT2D eigenvalue weighted by Crippen LogP contribution is 2.30. The average molecular weight is 483 g/mol. The van der Waals surface area contributed by atoms with Gasteiger partial charge in [-0.1, -0.05) is 25.4 Å². The molecule has 0 radical (unpaired) electrons. The molecule has 0 aromatic heterocycles.